The molecule has 26 heavy (non-hydrogen) atoms. The maximum Gasteiger partial charge on any atom is 0.260 e. The topological polar surface area (TPSA) is 63.5 Å². The number of hydrogen-bond acceptors (Lipinski definition) is 5. The zero-order chi connectivity index (χ0) is 18.4. The Morgan fingerprint density at radius 2 is 1.96 bits per heavy atom. The van der Waals surface area contributed by atoms with Gasteiger partial charge in [0, 0.05) is 11.3 Å². The molecular formula is C18H24N3O4S+. The Labute approximate surface area is 157 Å². The Balaban J connectivity index is 1.63. The fourth-order valence-electron chi connectivity index (χ4n) is 4.00. The molecule has 2 amide bonds. The Morgan fingerprint density at radius 1 is 1.23 bits per heavy atom. The second kappa shape index (κ2) is 6.66. The van der Waals surface area contributed by atoms with Gasteiger partial charge in [-0.2, -0.15) is 0 Å². The fraction of sp³-hybridized carbons (Fsp3) is 0.556. The van der Waals surface area contributed by atoms with Gasteiger partial charge in [0.05, 0.1) is 53.0 Å². The molecule has 8 heteroatoms. The van der Waals surface area contributed by atoms with E-state index in [2.05, 4.69) is 7.05 Å². The first-order valence-corrected chi connectivity index (χ1v) is 9.91. The molecule has 0 aliphatic carbocycles. The zero-order valence-electron chi connectivity index (χ0n) is 15.3. The summed E-state index contributed by atoms with van der Waals surface area (Å²) in [7, 11) is 5.24. The largest absolute Gasteiger partial charge is 0.493 e. The first-order valence-electron chi connectivity index (χ1n) is 8.86. The standard InChI is InChI=1S/C18H23N3O4S/c1-19-6-8-20(9-7-19)16(22)12-10-26-18-11-4-5-13(24-2)15(25-3)14(11)17(23)21(12)18/h4-5,12,18H,6-10H2,1-3H3/p+1/t12-,18-/m0/s1. The van der Waals surface area contributed by atoms with Crippen LogP contribution in [-0.4, -0.2) is 80.9 Å². The fourth-order valence-corrected chi connectivity index (χ4v) is 5.45. The molecular weight excluding hydrogens is 354 g/mol. The number of piperazine rings is 1. The first-order chi connectivity index (χ1) is 12.6. The van der Waals surface area contributed by atoms with E-state index in [1.54, 1.807) is 23.8 Å². The lowest BCUT2D eigenvalue weighted by Crippen LogP contribution is -3.12. The van der Waals surface area contributed by atoms with E-state index >= 15 is 0 Å². The Kier molecular flexibility index (Phi) is 4.48. The molecule has 0 saturated carbocycles. The highest BCUT2D eigenvalue weighted by Crippen LogP contribution is 2.52. The van der Waals surface area contributed by atoms with E-state index < -0.39 is 6.04 Å². The number of fused-ring (bicyclic) bond motifs is 3. The number of carbonyl (C=O) groups is 2. The lowest BCUT2D eigenvalue weighted by Gasteiger charge is -2.33. The van der Waals surface area contributed by atoms with Crippen LogP contribution in [0, 0.1) is 0 Å². The molecule has 4 rings (SSSR count). The van der Waals surface area contributed by atoms with Crippen LogP contribution in [0.5, 0.6) is 11.5 Å². The van der Waals surface area contributed by atoms with E-state index in [-0.39, 0.29) is 17.2 Å². The molecule has 2 atom stereocenters. The number of quaternary nitrogens is 1. The van der Waals surface area contributed by atoms with E-state index in [1.807, 2.05) is 17.0 Å². The maximum atomic E-state index is 13.2. The van der Waals surface area contributed by atoms with Crippen molar-refractivity contribution in [3.63, 3.8) is 0 Å². The molecule has 0 aromatic heterocycles. The molecule has 0 radical (unpaired) electrons. The van der Waals surface area contributed by atoms with Crippen LogP contribution in [0.1, 0.15) is 21.3 Å². The van der Waals surface area contributed by atoms with Gasteiger partial charge >= 0.3 is 0 Å². The van der Waals surface area contributed by atoms with Crippen molar-refractivity contribution >= 4 is 23.6 Å². The van der Waals surface area contributed by atoms with Crippen LogP contribution in [0.25, 0.3) is 0 Å². The molecule has 3 aliphatic rings. The van der Waals surface area contributed by atoms with Crippen LogP contribution >= 0.6 is 11.8 Å². The third-order valence-corrected chi connectivity index (χ3v) is 6.81. The molecule has 0 bridgehead atoms. The van der Waals surface area contributed by atoms with Crippen LogP contribution in [0.2, 0.25) is 0 Å². The summed E-state index contributed by atoms with van der Waals surface area (Å²) in [4.78, 5) is 31.3. The molecule has 3 heterocycles. The lowest BCUT2D eigenvalue weighted by molar-refractivity contribution is -0.883. The number of nitrogens with one attached hydrogen (secondary N) is 1. The van der Waals surface area contributed by atoms with Crippen molar-refractivity contribution in [2.45, 2.75) is 11.4 Å². The van der Waals surface area contributed by atoms with E-state index in [0.717, 1.165) is 31.7 Å². The zero-order valence-corrected chi connectivity index (χ0v) is 16.1. The summed E-state index contributed by atoms with van der Waals surface area (Å²) in [6.45, 7) is 3.41. The summed E-state index contributed by atoms with van der Waals surface area (Å²) in [5, 5.41) is -0.121. The molecule has 1 N–H and O–H groups in total. The van der Waals surface area contributed by atoms with Crippen LogP contribution in [-0.2, 0) is 4.79 Å². The van der Waals surface area contributed by atoms with Crippen molar-refractivity contribution in [2.24, 2.45) is 0 Å². The van der Waals surface area contributed by atoms with Crippen molar-refractivity contribution in [2.75, 3.05) is 53.2 Å². The number of carbonyl (C=O) groups excluding carboxylic acids is 2. The Bertz CT molecular complexity index is 748. The highest BCUT2D eigenvalue weighted by atomic mass is 32.2. The van der Waals surface area contributed by atoms with Gasteiger partial charge in [-0.3, -0.25) is 9.59 Å². The van der Waals surface area contributed by atoms with Crippen molar-refractivity contribution < 1.29 is 24.0 Å². The Morgan fingerprint density at radius 3 is 2.62 bits per heavy atom. The molecule has 140 valence electrons. The second-order valence-electron chi connectivity index (χ2n) is 6.96. The summed E-state index contributed by atoms with van der Waals surface area (Å²) < 4.78 is 10.8. The van der Waals surface area contributed by atoms with Crippen molar-refractivity contribution in [3.8, 4) is 11.5 Å². The van der Waals surface area contributed by atoms with Crippen LogP contribution in [0.15, 0.2) is 12.1 Å². The third kappa shape index (κ3) is 2.54. The van der Waals surface area contributed by atoms with Gasteiger partial charge in [0.1, 0.15) is 11.4 Å². The van der Waals surface area contributed by atoms with E-state index in [9.17, 15) is 9.59 Å². The first kappa shape index (κ1) is 17.5. The van der Waals surface area contributed by atoms with Crippen molar-refractivity contribution in [3.05, 3.63) is 23.3 Å². The van der Waals surface area contributed by atoms with E-state index in [0.29, 0.717) is 22.8 Å². The summed E-state index contributed by atoms with van der Waals surface area (Å²) in [6, 6.07) is 3.34. The maximum absolute atomic E-state index is 13.2. The molecule has 2 saturated heterocycles. The number of rotatable bonds is 3. The minimum Gasteiger partial charge on any atom is -0.493 e. The van der Waals surface area contributed by atoms with Gasteiger partial charge in [-0.05, 0) is 6.07 Å². The average molecular weight is 378 g/mol. The average Bonchev–Trinajstić information content (AvgIpc) is 3.21. The molecule has 0 spiro atoms. The monoisotopic (exact) mass is 378 g/mol. The van der Waals surface area contributed by atoms with Gasteiger partial charge < -0.3 is 24.2 Å². The number of thioether (sulfide) groups is 1. The molecule has 1 aromatic carbocycles. The van der Waals surface area contributed by atoms with Crippen molar-refractivity contribution in [1.82, 2.24) is 9.80 Å². The van der Waals surface area contributed by atoms with Gasteiger partial charge in [-0.1, -0.05) is 6.07 Å². The third-order valence-electron chi connectivity index (χ3n) is 5.51. The summed E-state index contributed by atoms with van der Waals surface area (Å²) in [6.07, 6.45) is 0. The Hall–Kier alpha value is -1.93. The smallest absolute Gasteiger partial charge is 0.260 e. The lowest BCUT2D eigenvalue weighted by atomic mass is 10.1. The number of benzene rings is 1. The van der Waals surface area contributed by atoms with Crippen LogP contribution < -0.4 is 14.4 Å². The predicted molar refractivity (Wildman–Crippen MR) is 97.9 cm³/mol. The van der Waals surface area contributed by atoms with E-state index in [1.165, 1.54) is 12.0 Å². The minimum atomic E-state index is -0.404. The van der Waals surface area contributed by atoms with Crippen LogP contribution in [0.3, 0.4) is 0 Å². The summed E-state index contributed by atoms with van der Waals surface area (Å²) in [5.74, 6) is 1.57. The number of hydrogen-bond donors (Lipinski definition) is 1. The van der Waals surface area contributed by atoms with Gasteiger partial charge in [-0.15, -0.1) is 11.8 Å². The molecule has 0 unspecified atom stereocenters. The SMILES string of the molecule is COc1ccc2c(c1OC)C(=O)N1[C@H](C(=O)N3CC[NH+](C)CC3)CS[C@@H]21. The van der Waals surface area contributed by atoms with Gasteiger partial charge in [0.25, 0.3) is 5.91 Å². The van der Waals surface area contributed by atoms with E-state index in [4.69, 9.17) is 9.47 Å². The quantitative estimate of drug-likeness (QED) is 0.778. The van der Waals surface area contributed by atoms with Gasteiger partial charge in [-0.25, -0.2) is 0 Å². The van der Waals surface area contributed by atoms with Crippen molar-refractivity contribution in [1.29, 1.82) is 0 Å². The number of likely N-dealkylation sites (N-methyl/N-ethyl adjacent to an activating group) is 1. The number of ether oxygens (including phenoxy) is 2. The molecule has 3 aliphatic heterocycles. The van der Waals surface area contributed by atoms with Gasteiger partial charge in [0.2, 0.25) is 5.91 Å². The molecule has 2 fully saturated rings. The number of nitrogens with zero attached hydrogens (tertiary/aromatic N) is 2. The second-order valence-corrected chi connectivity index (χ2v) is 8.07. The summed E-state index contributed by atoms with van der Waals surface area (Å²) in [5.41, 5.74) is 1.44. The molecule has 7 nitrogen and oxygen atoms in total. The molecule has 1 aromatic rings. The number of amides is 2. The highest BCUT2D eigenvalue weighted by Gasteiger charge is 2.51. The van der Waals surface area contributed by atoms with Gasteiger partial charge in [0.15, 0.2) is 11.5 Å². The minimum absolute atomic E-state index is 0.0691. The predicted octanol–water partition coefficient (Wildman–Crippen LogP) is -0.369. The van der Waals surface area contributed by atoms with Crippen LogP contribution in [0.4, 0.5) is 0 Å². The number of methoxy groups -OCH3 is 2. The summed E-state index contributed by atoms with van der Waals surface area (Å²) >= 11 is 1.65. The highest BCUT2D eigenvalue weighted by molar-refractivity contribution is 7.99. The normalized spacial score (nSPS) is 25.3.